The van der Waals surface area contributed by atoms with E-state index in [4.69, 9.17) is 0 Å². The second kappa shape index (κ2) is 4.09. The van der Waals surface area contributed by atoms with Crippen LogP contribution in [0.25, 0.3) is 0 Å². The summed E-state index contributed by atoms with van der Waals surface area (Å²) in [5.41, 5.74) is -3.39. The molecular weight excluding hydrogens is 249 g/mol. The summed E-state index contributed by atoms with van der Waals surface area (Å²) in [6.45, 7) is 1.52. The van der Waals surface area contributed by atoms with Crippen LogP contribution in [0, 0.1) is 5.41 Å². The zero-order valence-corrected chi connectivity index (χ0v) is 10.2. The van der Waals surface area contributed by atoms with Crippen LogP contribution in [0.1, 0.15) is 19.8 Å². The number of halogens is 3. The number of β-amino-alcohol motifs (C(OH)–C–C–N with tert-alkyl or cyclic N) is 1. The van der Waals surface area contributed by atoms with Crippen molar-refractivity contribution in [3.63, 3.8) is 0 Å². The van der Waals surface area contributed by atoms with E-state index in [0.29, 0.717) is 6.42 Å². The highest BCUT2D eigenvalue weighted by Gasteiger charge is 2.63. The van der Waals surface area contributed by atoms with Crippen LogP contribution in [0.4, 0.5) is 13.2 Å². The zero-order chi connectivity index (χ0) is 13.6. The molecule has 104 valence electrons. The van der Waals surface area contributed by atoms with Gasteiger partial charge < -0.3 is 15.3 Å². The maximum absolute atomic E-state index is 13.2. The summed E-state index contributed by atoms with van der Waals surface area (Å²) >= 11 is 0. The first kappa shape index (κ1) is 13.6. The molecular formula is C11H17F3N2O2. The Morgan fingerprint density at radius 1 is 1.39 bits per heavy atom. The summed E-state index contributed by atoms with van der Waals surface area (Å²) < 4.78 is 39.5. The first-order chi connectivity index (χ1) is 8.18. The van der Waals surface area contributed by atoms with Crippen LogP contribution in [-0.2, 0) is 4.79 Å². The van der Waals surface area contributed by atoms with E-state index in [2.05, 4.69) is 5.32 Å². The molecule has 2 atom stereocenters. The second-order valence-electron chi connectivity index (χ2n) is 5.48. The van der Waals surface area contributed by atoms with Gasteiger partial charge in [-0.1, -0.05) is 0 Å². The van der Waals surface area contributed by atoms with Crippen LogP contribution in [0.5, 0.6) is 0 Å². The SMILES string of the molecule is CC1(O)CCN(C(=O)C2(C(F)(F)F)CCNC2)C1. The van der Waals surface area contributed by atoms with Gasteiger partial charge in [-0.05, 0) is 26.3 Å². The highest BCUT2D eigenvalue weighted by molar-refractivity contribution is 5.84. The van der Waals surface area contributed by atoms with Crippen molar-refractivity contribution in [2.75, 3.05) is 26.2 Å². The van der Waals surface area contributed by atoms with Gasteiger partial charge in [0, 0.05) is 19.6 Å². The fourth-order valence-electron chi connectivity index (χ4n) is 2.66. The Morgan fingerprint density at radius 3 is 2.44 bits per heavy atom. The summed E-state index contributed by atoms with van der Waals surface area (Å²) in [5, 5.41) is 12.4. The van der Waals surface area contributed by atoms with E-state index in [1.54, 1.807) is 0 Å². The zero-order valence-electron chi connectivity index (χ0n) is 10.2. The summed E-state index contributed by atoms with van der Waals surface area (Å²) in [6, 6.07) is 0. The van der Waals surface area contributed by atoms with E-state index in [9.17, 15) is 23.1 Å². The van der Waals surface area contributed by atoms with Crippen molar-refractivity contribution in [1.82, 2.24) is 10.2 Å². The van der Waals surface area contributed by atoms with Crippen molar-refractivity contribution >= 4 is 5.91 Å². The number of carbonyl (C=O) groups is 1. The molecule has 2 aliphatic rings. The Kier molecular flexibility index (Phi) is 3.09. The number of nitrogens with zero attached hydrogens (tertiary/aromatic N) is 1. The number of amides is 1. The van der Waals surface area contributed by atoms with Gasteiger partial charge >= 0.3 is 6.18 Å². The molecule has 0 bridgehead atoms. The Bertz CT molecular complexity index is 349. The third-order valence-corrected chi connectivity index (χ3v) is 3.85. The molecule has 2 fully saturated rings. The van der Waals surface area contributed by atoms with Crippen LogP contribution >= 0.6 is 0 Å². The fraction of sp³-hybridized carbons (Fsp3) is 0.909. The van der Waals surface area contributed by atoms with Crippen LogP contribution in [-0.4, -0.2) is 53.9 Å². The van der Waals surface area contributed by atoms with Crippen molar-refractivity contribution in [1.29, 1.82) is 0 Å². The van der Waals surface area contributed by atoms with Gasteiger partial charge in [0.25, 0.3) is 0 Å². The van der Waals surface area contributed by atoms with E-state index in [1.165, 1.54) is 6.92 Å². The van der Waals surface area contributed by atoms with Crippen molar-refractivity contribution < 1.29 is 23.1 Å². The molecule has 0 aromatic carbocycles. The Balaban J connectivity index is 2.21. The number of hydrogen-bond donors (Lipinski definition) is 2. The van der Waals surface area contributed by atoms with Crippen LogP contribution in [0.15, 0.2) is 0 Å². The molecule has 0 saturated carbocycles. The third kappa shape index (κ3) is 2.09. The average molecular weight is 266 g/mol. The molecule has 2 aliphatic heterocycles. The maximum Gasteiger partial charge on any atom is 0.404 e. The molecule has 2 N–H and O–H groups in total. The monoisotopic (exact) mass is 266 g/mol. The molecule has 2 saturated heterocycles. The number of carbonyl (C=O) groups excluding carboxylic acids is 1. The molecule has 1 amide bonds. The van der Waals surface area contributed by atoms with Crippen molar-refractivity contribution in [3.05, 3.63) is 0 Å². The lowest BCUT2D eigenvalue weighted by atomic mass is 9.84. The predicted octanol–water partition coefficient (Wildman–Crippen LogP) is 0.512. The van der Waals surface area contributed by atoms with Gasteiger partial charge in [0.05, 0.1) is 5.60 Å². The van der Waals surface area contributed by atoms with E-state index in [1.807, 2.05) is 0 Å². The van der Waals surface area contributed by atoms with Crippen LogP contribution < -0.4 is 5.32 Å². The molecule has 2 heterocycles. The fourth-order valence-corrected chi connectivity index (χ4v) is 2.66. The molecule has 7 heteroatoms. The topological polar surface area (TPSA) is 52.6 Å². The molecule has 2 rings (SSSR count). The predicted molar refractivity (Wildman–Crippen MR) is 57.8 cm³/mol. The molecule has 2 unspecified atom stereocenters. The summed E-state index contributed by atoms with van der Waals surface area (Å²) in [5.74, 6) is -0.905. The Labute approximate surface area is 103 Å². The van der Waals surface area contributed by atoms with Gasteiger partial charge in [-0.25, -0.2) is 0 Å². The molecule has 0 radical (unpaired) electrons. The lowest BCUT2D eigenvalue weighted by Crippen LogP contribution is -2.53. The number of alkyl halides is 3. The van der Waals surface area contributed by atoms with Gasteiger partial charge in [0.15, 0.2) is 5.41 Å². The number of aliphatic hydroxyl groups is 1. The second-order valence-corrected chi connectivity index (χ2v) is 5.48. The standard InChI is InChI=1S/C11H17F3N2O2/c1-9(18)3-5-16(7-9)8(17)10(11(12,13)14)2-4-15-6-10/h15,18H,2-7H2,1H3. The number of rotatable bonds is 1. The number of likely N-dealkylation sites (tertiary alicyclic amines) is 1. The van der Waals surface area contributed by atoms with E-state index in [-0.39, 0.29) is 32.6 Å². The Hall–Kier alpha value is -0.820. The molecule has 0 aromatic rings. The molecule has 0 aromatic heterocycles. The van der Waals surface area contributed by atoms with E-state index < -0.39 is 23.1 Å². The number of hydrogen-bond acceptors (Lipinski definition) is 3. The van der Waals surface area contributed by atoms with Gasteiger partial charge in [-0.15, -0.1) is 0 Å². The van der Waals surface area contributed by atoms with E-state index >= 15 is 0 Å². The summed E-state index contributed by atoms with van der Waals surface area (Å²) in [7, 11) is 0. The van der Waals surface area contributed by atoms with Gasteiger partial charge in [-0.2, -0.15) is 13.2 Å². The first-order valence-corrected chi connectivity index (χ1v) is 5.97. The van der Waals surface area contributed by atoms with Crippen LogP contribution in [0.2, 0.25) is 0 Å². The van der Waals surface area contributed by atoms with Crippen LogP contribution in [0.3, 0.4) is 0 Å². The van der Waals surface area contributed by atoms with Gasteiger partial charge in [0.2, 0.25) is 5.91 Å². The minimum Gasteiger partial charge on any atom is -0.388 e. The summed E-state index contributed by atoms with van der Waals surface area (Å²) in [4.78, 5) is 13.3. The van der Waals surface area contributed by atoms with Gasteiger partial charge in [-0.3, -0.25) is 4.79 Å². The van der Waals surface area contributed by atoms with Gasteiger partial charge in [0.1, 0.15) is 0 Å². The molecule has 0 spiro atoms. The summed E-state index contributed by atoms with van der Waals surface area (Å²) in [6.07, 6.45) is -4.46. The minimum atomic E-state index is -4.55. The maximum atomic E-state index is 13.2. The number of nitrogens with one attached hydrogen (secondary N) is 1. The Morgan fingerprint density at radius 2 is 2.06 bits per heavy atom. The van der Waals surface area contributed by atoms with E-state index in [0.717, 1.165) is 4.90 Å². The highest BCUT2D eigenvalue weighted by atomic mass is 19.4. The smallest absolute Gasteiger partial charge is 0.388 e. The lowest BCUT2D eigenvalue weighted by Gasteiger charge is -2.33. The molecule has 4 nitrogen and oxygen atoms in total. The normalized spacial score (nSPS) is 37.3. The third-order valence-electron chi connectivity index (χ3n) is 3.85. The lowest BCUT2D eigenvalue weighted by molar-refractivity contribution is -0.221. The first-order valence-electron chi connectivity index (χ1n) is 5.97. The van der Waals surface area contributed by atoms with Crippen molar-refractivity contribution in [2.24, 2.45) is 5.41 Å². The molecule has 18 heavy (non-hydrogen) atoms. The highest BCUT2D eigenvalue weighted by Crippen LogP contribution is 2.45. The minimum absolute atomic E-state index is 0.0241. The molecule has 0 aliphatic carbocycles. The quantitative estimate of drug-likeness (QED) is 0.727. The average Bonchev–Trinajstić information content (AvgIpc) is 2.82. The van der Waals surface area contributed by atoms with Crippen molar-refractivity contribution in [2.45, 2.75) is 31.5 Å². The van der Waals surface area contributed by atoms with Crippen molar-refractivity contribution in [3.8, 4) is 0 Å². The largest absolute Gasteiger partial charge is 0.404 e.